The molecule has 0 radical (unpaired) electrons. The van der Waals surface area contributed by atoms with Crippen LogP contribution in [0.1, 0.15) is 141 Å². The zero-order chi connectivity index (χ0) is 31.5. The highest BCUT2D eigenvalue weighted by atomic mass is 16.5. The molecule has 0 N–H and O–H groups in total. The first-order chi connectivity index (χ1) is 21.6. The molecule has 0 spiro atoms. The third-order valence-electron chi connectivity index (χ3n) is 8.63. The van der Waals surface area contributed by atoms with Crippen molar-refractivity contribution in [2.75, 3.05) is 40.6 Å². The van der Waals surface area contributed by atoms with Crippen LogP contribution in [0.4, 0.5) is 0 Å². The molecule has 0 aliphatic rings. The molecule has 0 heterocycles. The zero-order valence-electron chi connectivity index (χ0n) is 29.3. The second-order valence-corrected chi connectivity index (χ2v) is 13.2. The lowest BCUT2D eigenvalue weighted by atomic mass is 10.0. The van der Waals surface area contributed by atoms with Gasteiger partial charge >= 0.3 is 0 Å². The van der Waals surface area contributed by atoms with Gasteiger partial charge in [-0.2, -0.15) is 0 Å². The van der Waals surface area contributed by atoms with E-state index >= 15 is 0 Å². The van der Waals surface area contributed by atoms with E-state index in [-0.39, 0.29) is 0 Å². The lowest BCUT2D eigenvalue weighted by Crippen LogP contribution is -2.22. The van der Waals surface area contributed by atoms with E-state index in [1.807, 2.05) is 0 Å². The van der Waals surface area contributed by atoms with Crippen LogP contribution in [0.3, 0.4) is 0 Å². The molecular formula is C40H68N2O2. The molecular weight excluding hydrogens is 540 g/mol. The van der Waals surface area contributed by atoms with Gasteiger partial charge in [-0.05, 0) is 74.4 Å². The number of hydrogen-bond acceptors (Lipinski definition) is 4. The minimum absolute atomic E-state index is 0.643. The topological polar surface area (TPSA) is 24.9 Å². The van der Waals surface area contributed by atoms with Crippen molar-refractivity contribution in [1.29, 1.82) is 0 Å². The molecule has 0 saturated carbocycles. The first-order valence-corrected chi connectivity index (χ1v) is 18.3. The average Bonchev–Trinajstić information content (AvgIpc) is 3.03. The molecule has 0 aliphatic carbocycles. The molecule has 250 valence electrons. The molecule has 0 amide bonds. The molecule has 2 aromatic rings. The summed E-state index contributed by atoms with van der Waals surface area (Å²) in [6.07, 6.45) is 24.7. The van der Waals surface area contributed by atoms with E-state index in [1.165, 1.54) is 138 Å². The van der Waals surface area contributed by atoms with Gasteiger partial charge in [0, 0.05) is 0 Å². The Morgan fingerprint density at radius 3 is 1.16 bits per heavy atom. The van der Waals surface area contributed by atoms with Gasteiger partial charge in [0.2, 0.25) is 0 Å². The summed E-state index contributed by atoms with van der Waals surface area (Å²) in [5.41, 5.74) is 4.91. The van der Waals surface area contributed by atoms with Crippen molar-refractivity contribution in [2.24, 2.45) is 0 Å². The fraction of sp³-hybridized carbons (Fsp3) is 0.700. The van der Waals surface area contributed by atoms with Crippen LogP contribution in [0.5, 0.6) is 0 Å². The number of benzene rings is 2. The van der Waals surface area contributed by atoms with Crippen molar-refractivity contribution in [1.82, 2.24) is 9.80 Å². The summed E-state index contributed by atoms with van der Waals surface area (Å²) in [7, 11) is 4.34. The van der Waals surface area contributed by atoms with E-state index in [9.17, 15) is 0 Å². The van der Waals surface area contributed by atoms with Gasteiger partial charge < -0.3 is 9.47 Å². The molecule has 0 unspecified atom stereocenters. The Morgan fingerprint density at radius 1 is 0.455 bits per heavy atom. The predicted molar refractivity (Wildman–Crippen MR) is 191 cm³/mol. The molecule has 0 saturated heterocycles. The van der Waals surface area contributed by atoms with E-state index in [2.05, 4.69) is 86.3 Å². The standard InChI is InChI=1S/C40H68N2O2/c1-5-7-9-11-13-15-17-19-21-29-41(3)35-43-33-37-25-23-27-39(31-37)40-28-24-26-38(32-40)34-44-36-42(4)30-22-20-18-16-14-12-10-8-6-2/h23-28,31-32H,5-22,29-30,33-36H2,1-4H3. The van der Waals surface area contributed by atoms with E-state index in [1.54, 1.807) is 0 Å². The van der Waals surface area contributed by atoms with Crippen molar-refractivity contribution >= 4 is 0 Å². The molecule has 4 heteroatoms. The van der Waals surface area contributed by atoms with Gasteiger partial charge in [0.15, 0.2) is 0 Å². The predicted octanol–water partition coefficient (Wildman–Crippen LogP) is 11.2. The zero-order valence-corrected chi connectivity index (χ0v) is 29.3. The number of unbranched alkanes of at least 4 members (excludes halogenated alkanes) is 16. The normalized spacial score (nSPS) is 11.7. The van der Waals surface area contributed by atoms with Crippen molar-refractivity contribution in [3.05, 3.63) is 59.7 Å². The highest BCUT2D eigenvalue weighted by Gasteiger charge is 2.05. The largest absolute Gasteiger partial charge is 0.361 e. The van der Waals surface area contributed by atoms with Crippen LogP contribution >= 0.6 is 0 Å². The van der Waals surface area contributed by atoms with E-state index in [0.717, 1.165) is 13.1 Å². The monoisotopic (exact) mass is 609 g/mol. The molecule has 2 rings (SSSR count). The summed E-state index contributed by atoms with van der Waals surface area (Å²) in [6.45, 7) is 9.44. The van der Waals surface area contributed by atoms with Gasteiger partial charge in [-0.3, -0.25) is 9.80 Å². The molecule has 0 bridgehead atoms. The fourth-order valence-electron chi connectivity index (χ4n) is 5.83. The summed E-state index contributed by atoms with van der Waals surface area (Å²) in [5.74, 6) is 0. The lowest BCUT2D eigenvalue weighted by Gasteiger charge is -2.17. The van der Waals surface area contributed by atoms with Crippen LogP contribution in [0, 0.1) is 0 Å². The maximum absolute atomic E-state index is 6.07. The maximum atomic E-state index is 6.07. The van der Waals surface area contributed by atoms with Gasteiger partial charge in [0.05, 0.1) is 26.7 Å². The number of rotatable bonds is 29. The molecule has 4 nitrogen and oxygen atoms in total. The van der Waals surface area contributed by atoms with Gasteiger partial charge in [0.1, 0.15) is 0 Å². The van der Waals surface area contributed by atoms with E-state index in [4.69, 9.17) is 9.47 Å². The smallest absolute Gasteiger partial charge is 0.0992 e. The molecule has 2 aromatic carbocycles. The van der Waals surface area contributed by atoms with Crippen molar-refractivity contribution in [3.63, 3.8) is 0 Å². The number of ether oxygens (including phenoxy) is 2. The van der Waals surface area contributed by atoms with Crippen LogP contribution in [0.2, 0.25) is 0 Å². The Morgan fingerprint density at radius 2 is 0.795 bits per heavy atom. The first-order valence-electron chi connectivity index (χ1n) is 18.3. The summed E-state index contributed by atoms with van der Waals surface area (Å²) < 4.78 is 12.1. The fourth-order valence-corrected chi connectivity index (χ4v) is 5.83. The third-order valence-corrected chi connectivity index (χ3v) is 8.63. The number of hydrogen-bond donors (Lipinski definition) is 0. The molecule has 0 fully saturated rings. The Hall–Kier alpha value is -1.72. The SMILES string of the molecule is CCCCCCCCCCCN(C)COCc1cccc(-c2cccc(COCN(C)CCCCCCCCCCC)c2)c1. The van der Waals surface area contributed by atoms with Crippen molar-refractivity contribution < 1.29 is 9.47 Å². The van der Waals surface area contributed by atoms with Crippen LogP contribution in [-0.2, 0) is 22.7 Å². The summed E-state index contributed by atoms with van der Waals surface area (Å²) in [5, 5.41) is 0. The van der Waals surface area contributed by atoms with Crippen LogP contribution < -0.4 is 0 Å². The third kappa shape index (κ3) is 19.6. The van der Waals surface area contributed by atoms with Crippen molar-refractivity contribution in [3.8, 4) is 11.1 Å². The van der Waals surface area contributed by atoms with Crippen molar-refractivity contribution in [2.45, 2.75) is 143 Å². The van der Waals surface area contributed by atoms with Gasteiger partial charge in [-0.15, -0.1) is 0 Å². The summed E-state index contributed by atoms with van der Waals surface area (Å²) in [4.78, 5) is 4.62. The quantitative estimate of drug-likeness (QED) is 0.0677. The highest BCUT2D eigenvalue weighted by molar-refractivity contribution is 5.64. The number of nitrogens with zero attached hydrogens (tertiary/aromatic N) is 2. The van der Waals surface area contributed by atoms with Gasteiger partial charge in [0.25, 0.3) is 0 Å². The lowest BCUT2D eigenvalue weighted by molar-refractivity contribution is 0.0315. The highest BCUT2D eigenvalue weighted by Crippen LogP contribution is 2.22. The second kappa shape index (κ2) is 26.5. The van der Waals surface area contributed by atoms with Crippen LogP contribution in [0.25, 0.3) is 11.1 Å². The Bertz CT molecular complexity index is 858. The molecule has 44 heavy (non-hydrogen) atoms. The average molecular weight is 609 g/mol. The maximum Gasteiger partial charge on any atom is 0.0992 e. The molecule has 0 aromatic heterocycles. The Balaban J connectivity index is 1.60. The minimum atomic E-state index is 0.643. The summed E-state index contributed by atoms with van der Waals surface area (Å²) in [6, 6.07) is 17.5. The van der Waals surface area contributed by atoms with Crippen LogP contribution in [-0.4, -0.2) is 50.4 Å². The van der Waals surface area contributed by atoms with E-state index in [0.29, 0.717) is 26.7 Å². The van der Waals surface area contributed by atoms with Gasteiger partial charge in [-0.1, -0.05) is 153 Å². The first kappa shape index (κ1) is 38.5. The Labute approximate surface area is 272 Å². The van der Waals surface area contributed by atoms with Gasteiger partial charge in [-0.25, -0.2) is 0 Å². The van der Waals surface area contributed by atoms with Crippen LogP contribution in [0.15, 0.2) is 48.5 Å². The van der Waals surface area contributed by atoms with E-state index < -0.39 is 0 Å². The molecule has 0 atom stereocenters. The minimum Gasteiger partial charge on any atom is -0.361 e. The molecule has 0 aliphatic heterocycles. The summed E-state index contributed by atoms with van der Waals surface area (Å²) >= 11 is 0. The Kier molecular flexibility index (Phi) is 23.2. The second-order valence-electron chi connectivity index (χ2n) is 13.2.